The highest BCUT2D eigenvalue weighted by Crippen LogP contribution is 1.99. The fraction of sp³-hybridized carbons (Fsp3) is 0.700. The summed E-state index contributed by atoms with van der Waals surface area (Å²) in [7, 11) is 0. The van der Waals surface area contributed by atoms with E-state index < -0.39 is 0 Å². The molecule has 1 aliphatic rings. The first-order chi connectivity index (χ1) is 7.59. The normalized spacial score (nSPS) is 16.3. The van der Waals surface area contributed by atoms with Crippen molar-refractivity contribution in [3.63, 3.8) is 0 Å². The van der Waals surface area contributed by atoms with E-state index in [-0.39, 0.29) is 24.1 Å². The van der Waals surface area contributed by atoms with Crippen LogP contribution in [0.3, 0.4) is 0 Å². The van der Waals surface area contributed by atoms with Crippen molar-refractivity contribution in [3.05, 3.63) is 0 Å². The van der Waals surface area contributed by atoms with Gasteiger partial charge in [-0.2, -0.15) is 0 Å². The van der Waals surface area contributed by atoms with Crippen LogP contribution in [0.5, 0.6) is 0 Å². The summed E-state index contributed by atoms with van der Waals surface area (Å²) in [5.74, 6) is -0.178. The molecule has 1 aliphatic heterocycles. The van der Waals surface area contributed by atoms with Crippen molar-refractivity contribution in [1.82, 2.24) is 15.5 Å². The first-order valence-electron chi connectivity index (χ1n) is 5.38. The molecule has 0 unspecified atom stereocenters. The number of nitrogens with one attached hydrogen (secondary N) is 2. The van der Waals surface area contributed by atoms with Gasteiger partial charge in [0.2, 0.25) is 17.7 Å². The van der Waals surface area contributed by atoms with Gasteiger partial charge in [0, 0.05) is 45.9 Å². The summed E-state index contributed by atoms with van der Waals surface area (Å²) in [5, 5.41) is 5.27. The van der Waals surface area contributed by atoms with E-state index in [0.717, 1.165) is 0 Å². The first kappa shape index (κ1) is 12.5. The zero-order valence-electron chi connectivity index (χ0n) is 9.41. The van der Waals surface area contributed by atoms with Crippen LogP contribution >= 0.6 is 0 Å². The van der Waals surface area contributed by atoms with E-state index in [1.54, 1.807) is 4.90 Å². The molecule has 1 rings (SSSR count). The molecule has 0 spiro atoms. The lowest BCUT2D eigenvalue weighted by molar-refractivity contribution is -0.131. The Morgan fingerprint density at radius 3 is 2.88 bits per heavy atom. The maximum absolute atomic E-state index is 11.7. The van der Waals surface area contributed by atoms with E-state index in [9.17, 15) is 14.4 Å². The Hall–Kier alpha value is -1.59. The van der Waals surface area contributed by atoms with E-state index in [2.05, 4.69) is 10.6 Å². The van der Waals surface area contributed by atoms with E-state index in [1.165, 1.54) is 6.92 Å². The highest BCUT2D eigenvalue weighted by Gasteiger charge is 2.17. The molecule has 2 N–H and O–H groups in total. The minimum Gasteiger partial charge on any atom is -0.356 e. The van der Waals surface area contributed by atoms with Crippen molar-refractivity contribution in [2.45, 2.75) is 19.8 Å². The van der Waals surface area contributed by atoms with Crippen molar-refractivity contribution < 1.29 is 14.4 Å². The molecule has 0 aromatic carbocycles. The monoisotopic (exact) mass is 227 g/mol. The lowest BCUT2D eigenvalue weighted by atomic mass is 10.3. The van der Waals surface area contributed by atoms with Crippen LogP contribution in [-0.2, 0) is 14.4 Å². The summed E-state index contributed by atoms with van der Waals surface area (Å²) in [6, 6.07) is 0. The fourth-order valence-electron chi connectivity index (χ4n) is 1.52. The summed E-state index contributed by atoms with van der Waals surface area (Å²) in [6.45, 7) is 3.28. The van der Waals surface area contributed by atoms with Crippen LogP contribution in [-0.4, -0.2) is 48.8 Å². The number of amides is 3. The molecule has 0 aromatic heterocycles. The molecule has 3 amide bonds. The molecular formula is C10H17N3O3. The number of carbonyl (C=O) groups excluding carboxylic acids is 3. The quantitative estimate of drug-likeness (QED) is 0.640. The second-order valence-corrected chi connectivity index (χ2v) is 3.71. The Labute approximate surface area is 94.4 Å². The molecule has 6 heteroatoms. The number of hydrogen-bond acceptors (Lipinski definition) is 3. The first-order valence-corrected chi connectivity index (χ1v) is 5.38. The molecule has 0 bridgehead atoms. The minimum atomic E-state index is -0.138. The Kier molecular flexibility index (Phi) is 4.75. The molecule has 1 fully saturated rings. The zero-order valence-corrected chi connectivity index (χ0v) is 9.41. The maximum Gasteiger partial charge on any atom is 0.224 e. The second kappa shape index (κ2) is 6.09. The van der Waals surface area contributed by atoms with Gasteiger partial charge in [0.25, 0.3) is 0 Å². The summed E-state index contributed by atoms with van der Waals surface area (Å²) in [6.07, 6.45) is 0.639. The molecule has 0 radical (unpaired) electrons. The van der Waals surface area contributed by atoms with Gasteiger partial charge in [-0.3, -0.25) is 14.4 Å². The summed E-state index contributed by atoms with van der Waals surface area (Å²) >= 11 is 0. The summed E-state index contributed by atoms with van der Waals surface area (Å²) < 4.78 is 0. The third-order valence-electron chi connectivity index (χ3n) is 2.38. The van der Waals surface area contributed by atoms with Gasteiger partial charge < -0.3 is 15.5 Å². The number of nitrogens with zero attached hydrogens (tertiary/aromatic N) is 1. The van der Waals surface area contributed by atoms with Gasteiger partial charge in [-0.25, -0.2) is 0 Å². The standard InChI is InChI=1S/C10H17N3O3/c1-8(14)11-4-2-10(16)13-6-3-9(15)12-5-7-13/h2-7H2,1H3,(H,11,14)(H,12,15). The van der Waals surface area contributed by atoms with Gasteiger partial charge in [-0.15, -0.1) is 0 Å². The minimum absolute atomic E-state index is 0.0165. The van der Waals surface area contributed by atoms with Crippen LogP contribution in [0, 0.1) is 0 Å². The van der Waals surface area contributed by atoms with Gasteiger partial charge in [0.15, 0.2) is 0 Å². The highest BCUT2D eigenvalue weighted by atomic mass is 16.2. The van der Waals surface area contributed by atoms with Gasteiger partial charge in [0.1, 0.15) is 0 Å². The third-order valence-corrected chi connectivity index (χ3v) is 2.38. The molecule has 0 aromatic rings. The average molecular weight is 227 g/mol. The van der Waals surface area contributed by atoms with Crippen molar-refractivity contribution in [2.24, 2.45) is 0 Å². The molecule has 90 valence electrons. The van der Waals surface area contributed by atoms with E-state index >= 15 is 0 Å². The van der Waals surface area contributed by atoms with Crippen molar-refractivity contribution >= 4 is 17.7 Å². The van der Waals surface area contributed by atoms with E-state index in [0.29, 0.717) is 32.6 Å². The van der Waals surface area contributed by atoms with Gasteiger partial charge in [-0.1, -0.05) is 0 Å². The van der Waals surface area contributed by atoms with Crippen LogP contribution in [0.25, 0.3) is 0 Å². The number of hydrogen-bond donors (Lipinski definition) is 2. The second-order valence-electron chi connectivity index (χ2n) is 3.71. The Morgan fingerprint density at radius 2 is 2.19 bits per heavy atom. The van der Waals surface area contributed by atoms with Crippen LogP contribution in [0.2, 0.25) is 0 Å². The third kappa shape index (κ3) is 4.29. The summed E-state index contributed by atoms with van der Waals surface area (Å²) in [5.41, 5.74) is 0. The molecule has 0 atom stereocenters. The van der Waals surface area contributed by atoms with Gasteiger partial charge in [-0.05, 0) is 0 Å². The van der Waals surface area contributed by atoms with E-state index in [4.69, 9.17) is 0 Å². The van der Waals surface area contributed by atoms with Gasteiger partial charge in [0.05, 0.1) is 0 Å². The largest absolute Gasteiger partial charge is 0.356 e. The molecular weight excluding hydrogens is 210 g/mol. The zero-order chi connectivity index (χ0) is 12.0. The van der Waals surface area contributed by atoms with Crippen molar-refractivity contribution in [2.75, 3.05) is 26.2 Å². The molecule has 16 heavy (non-hydrogen) atoms. The van der Waals surface area contributed by atoms with Crippen molar-refractivity contribution in [3.8, 4) is 0 Å². The number of carbonyl (C=O) groups is 3. The smallest absolute Gasteiger partial charge is 0.224 e. The summed E-state index contributed by atoms with van der Waals surface area (Å²) in [4.78, 5) is 35.0. The SMILES string of the molecule is CC(=O)NCCC(=O)N1CCNC(=O)CC1. The van der Waals surface area contributed by atoms with Crippen LogP contribution in [0.15, 0.2) is 0 Å². The lowest BCUT2D eigenvalue weighted by Gasteiger charge is -2.19. The van der Waals surface area contributed by atoms with Crippen LogP contribution < -0.4 is 10.6 Å². The highest BCUT2D eigenvalue weighted by molar-refractivity contribution is 5.80. The molecule has 0 saturated carbocycles. The Morgan fingerprint density at radius 1 is 1.44 bits per heavy atom. The average Bonchev–Trinajstić information content (AvgIpc) is 2.42. The molecule has 6 nitrogen and oxygen atoms in total. The Balaban J connectivity index is 2.29. The van der Waals surface area contributed by atoms with E-state index in [1.807, 2.05) is 0 Å². The van der Waals surface area contributed by atoms with Crippen LogP contribution in [0.4, 0.5) is 0 Å². The molecule has 1 heterocycles. The predicted octanol–water partition coefficient (Wildman–Crippen LogP) is -1.14. The van der Waals surface area contributed by atoms with Gasteiger partial charge >= 0.3 is 0 Å². The predicted molar refractivity (Wildman–Crippen MR) is 57.5 cm³/mol. The molecule has 1 saturated heterocycles. The number of rotatable bonds is 3. The van der Waals surface area contributed by atoms with Crippen molar-refractivity contribution in [1.29, 1.82) is 0 Å². The fourth-order valence-corrected chi connectivity index (χ4v) is 1.52. The molecule has 0 aliphatic carbocycles. The van der Waals surface area contributed by atoms with Crippen LogP contribution in [0.1, 0.15) is 19.8 Å². The Bertz CT molecular complexity index is 291. The lowest BCUT2D eigenvalue weighted by Crippen LogP contribution is -2.36. The topological polar surface area (TPSA) is 78.5 Å². The maximum atomic E-state index is 11.7.